The molecule has 0 spiro atoms. The first kappa shape index (κ1) is 18.8. The molecule has 0 aromatic heterocycles. The minimum absolute atomic E-state index is 0.0315. The molecular weight excluding hydrogens is 356 g/mol. The van der Waals surface area contributed by atoms with Gasteiger partial charge in [-0.15, -0.1) is 0 Å². The van der Waals surface area contributed by atoms with Gasteiger partial charge >= 0.3 is 6.03 Å². The maximum Gasteiger partial charge on any atom is 0.315 e. The molecule has 1 aromatic carbocycles. The van der Waals surface area contributed by atoms with E-state index in [0.717, 1.165) is 37.0 Å². The minimum atomic E-state index is -0.542. The number of urea groups is 1. The molecule has 0 atom stereocenters. The van der Waals surface area contributed by atoms with Crippen molar-refractivity contribution in [2.45, 2.75) is 50.5 Å². The van der Waals surface area contributed by atoms with Gasteiger partial charge in [0.15, 0.2) is 0 Å². The third kappa shape index (κ3) is 4.13. The molecule has 4 bridgehead atoms. The van der Waals surface area contributed by atoms with Crippen molar-refractivity contribution in [1.29, 1.82) is 0 Å². The molecule has 4 saturated carbocycles. The lowest BCUT2D eigenvalue weighted by Crippen LogP contribution is -2.61. The van der Waals surface area contributed by atoms with Crippen LogP contribution >= 0.6 is 0 Å². The Kier molecular flexibility index (Phi) is 5.00. The summed E-state index contributed by atoms with van der Waals surface area (Å²) in [7, 11) is 0. The van der Waals surface area contributed by atoms with Gasteiger partial charge in [0.25, 0.3) is 0 Å². The van der Waals surface area contributed by atoms with Crippen molar-refractivity contribution in [2.24, 2.45) is 23.5 Å². The van der Waals surface area contributed by atoms with Crippen LogP contribution in [0.1, 0.15) is 55.3 Å². The van der Waals surface area contributed by atoms with Gasteiger partial charge in [-0.2, -0.15) is 0 Å². The summed E-state index contributed by atoms with van der Waals surface area (Å²) in [6, 6.07) is 6.30. The molecule has 0 saturated heterocycles. The maximum absolute atomic E-state index is 12.4. The predicted molar refractivity (Wildman–Crippen MR) is 106 cm³/mol. The van der Waals surface area contributed by atoms with Crippen molar-refractivity contribution in [3.8, 4) is 0 Å². The van der Waals surface area contributed by atoms with Crippen molar-refractivity contribution in [3.63, 3.8) is 0 Å². The molecule has 4 aliphatic rings. The lowest BCUT2D eigenvalue weighted by molar-refractivity contribution is -0.116. The number of amides is 4. The summed E-state index contributed by atoms with van der Waals surface area (Å²) >= 11 is 0. The van der Waals surface area contributed by atoms with E-state index in [1.807, 2.05) is 0 Å². The van der Waals surface area contributed by atoms with E-state index in [-0.39, 0.29) is 30.4 Å². The van der Waals surface area contributed by atoms with Gasteiger partial charge in [-0.05, 0) is 74.5 Å². The van der Waals surface area contributed by atoms with Crippen molar-refractivity contribution < 1.29 is 14.4 Å². The van der Waals surface area contributed by atoms with Crippen LogP contribution in [0.5, 0.6) is 0 Å². The fraction of sp³-hybridized carbons (Fsp3) is 0.571. The van der Waals surface area contributed by atoms with Gasteiger partial charge < -0.3 is 21.7 Å². The number of benzene rings is 1. The number of nitrogens with one attached hydrogen (secondary N) is 3. The van der Waals surface area contributed by atoms with E-state index in [1.54, 1.807) is 18.2 Å². The number of carbonyl (C=O) groups is 3. The monoisotopic (exact) mass is 384 g/mol. The number of anilines is 1. The first-order valence-corrected chi connectivity index (χ1v) is 10.2. The van der Waals surface area contributed by atoms with Crippen molar-refractivity contribution in [2.75, 3.05) is 11.9 Å². The van der Waals surface area contributed by atoms with Crippen LogP contribution < -0.4 is 21.7 Å². The normalized spacial score (nSPS) is 29.9. The zero-order valence-corrected chi connectivity index (χ0v) is 16.0. The zero-order chi connectivity index (χ0) is 19.7. The van der Waals surface area contributed by atoms with E-state index in [1.165, 1.54) is 25.3 Å². The van der Waals surface area contributed by atoms with Gasteiger partial charge in [-0.25, -0.2) is 4.79 Å². The van der Waals surface area contributed by atoms with Crippen LogP contribution in [0, 0.1) is 17.8 Å². The SMILES string of the molecule is NC(=O)c1cccc(NC(=O)CCNC(=O)NC23CC4CC(CC(C4)C2)C3)c1. The molecule has 1 aromatic rings. The highest BCUT2D eigenvalue weighted by Gasteiger charge is 2.51. The van der Waals surface area contributed by atoms with Gasteiger partial charge in [0.05, 0.1) is 0 Å². The average Bonchev–Trinajstić information content (AvgIpc) is 2.60. The Morgan fingerprint density at radius 3 is 2.29 bits per heavy atom. The topological polar surface area (TPSA) is 113 Å². The first-order chi connectivity index (χ1) is 13.4. The number of hydrogen-bond donors (Lipinski definition) is 4. The fourth-order valence-corrected chi connectivity index (χ4v) is 5.81. The molecule has 5 N–H and O–H groups in total. The van der Waals surface area contributed by atoms with Crippen LogP contribution in [-0.4, -0.2) is 29.9 Å². The van der Waals surface area contributed by atoms with Gasteiger partial charge in [0.2, 0.25) is 11.8 Å². The fourth-order valence-electron chi connectivity index (χ4n) is 5.81. The third-order valence-corrected chi connectivity index (χ3v) is 6.49. The second-order valence-electron chi connectivity index (χ2n) is 8.82. The summed E-state index contributed by atoms with van der Waals surface area (Å²) < 4.78 is 0. The van der Waals surface area contributed by atoms with Crippen molar-refractivity contribution in [1.82, 2.24) is 10.6 Å². The molecule has 4 amide bonds. The van der Waals surface area contributed by atoms with Crippen molar-refractivity contribution >= 4 is 23.5 Å². The third-order valence-electron chi connectivity index (χ3n) is 6.49. The minimum Gasteiger partial charge on any atom is -0.366 e. The van der Waals surface area contributed by atoms with E-state index in [0.29, 0.717) is 11.3 Å². The number of nitrogens with two attached hydrogens (primary N) is 1. The standard InChI is InChI=1S/C21H28N4O3/c22-19(27)16-2-1-3-17(9-16)24-18(26)4-5-23-20(28)25-21-10-13-6-14(11-21)8-15(7-13)12-21/h1-3,9,13-15H,4-8,10-12H2,(H2,22,27)(H,24,26)(H2,23,25,28). The summed E-state index contributed by atoms with van der Waals surface area (Å²) in [4.78, 5) is 35.7. The number of rotatable bonds is 6. The quantitative estimate of drug-likeness (QED) is 0.604. The molecule has 150 valence electrons. The van der Waals surface area contributed by atoms with Gasteiger partial charge in [0, 0.05) is 29.8 Å². The first-order valence-electron chi connectivity index (χ1n) is 10.2. The van der Waals surface area contributed by atoms with Gasteiger partial charge in [-0.3, -0.25) is 9.59 Å². The predicted octanol–water partition coefficient (Wildman–Crippen LogP) is 2.38. The van der Waals surface area contributed by atoms with E-state index in [9.17, 15) is 14.4 Å². The van der Waals surface area contributed by atoms with Crippen LogP contribution in [0.15, 0.2) is 24.3 Å². The Morgan fingerprint density at radius 1 is 1.04 bits per heavy atom. The molecule has 0 unspecified atom stereocenters. The van der Waals surface area contributed by atoms with Crippen LogP contribution in [0.4, 0.5) is 10.5 Å². The average molecular weight is 384 g/mol. The summed E-state index contributed by atoms with van der Waals surface area (Å²) in [6.07, 6.45) is 7.46. The Morgan fingerprint density at radius 2 is 1.68 bits per heavy atom. The highest BCUT2D eigenvalue weighted by Crippen LogP contribution is 2.55. The molecule has 4 fully saturated rings. The molecule has 5 rings (SSSR count). The molecule has 0 radical (unpaired) electrons. The lowest BCUT2D eigenvalue weighted by atomic mass is 9.53. The largest absolute Gasteiger partial charge is 0.366 e. The summed E-state index contributed by atoms with van der Waals surface area (Å²) in [6.45, 7) is 0.263. The molecule has 0 heterocycles. The summed E-state index contributed by atoms with van der Waals surface area (Å²) in [5.41, 5.74) is 6.06. The number of primary amides is 1. The molecule has 7 nitrogen and oxygen atoms in total. The summed E-state index contributed by atoms with van der Waals surface area (Å²) in [5.74, 6) is 1.55. The Bertz CT molecular complexity index is 756. The second-order valence-corrected chi connectivity index (χ2v) is 8.82. The highest BCUT2D eigenvalue weighted by atomic mass is 16.2. The van der Waals surface area contributed by atoms with E-state index in [2.05, 4.69) is 16.0 Å². The molecule has 7 heteroatoms. The van der Waals surface area contributed by atoms with Crippen LogP contribution in [-0.2, 0) is 4.79 Å². The zero-order valence-electron chi connectivity index (χ0n) is 16.0. The number of hydrogen-bond acceptors (Lipinski definition) is 3. The van der Waals surface area contributed by atoms with E-state index < -0.39 is 5.91 Å². The van der Waals surface area contributed by atoms with Gasteiger partial charge in [-0.1, -0.05) is 6.07 Å². The Hall–Kier alpha value is -2.57. The second kappa shape index (κ2) is 7.45. The maximum atomic E-state index is 12.4. The van der Waals surface area contributed by atoms with Gasteiger partial charge in [0.1, 0.15) is 0 Å². The summed E-state index contributed by atoms with van der Waals surface area (Å²) in [5, 5.41) is 8.77. The molecule has 4 aliphatic carbocycles. The molecule has 28 heavy (non-hydrogen) atoms. The van der Waals surface area contributed by atoms with Crippen LogP contribution in [0.2, 0.25) is 0 Å². The Balaban J connectivity index is 1.22. The number of carbonyl (C=O) groups excluding carboxylic acids is 3. The molecule has 0 aliphatic heterocycles. The van der Waals surface area contributed by atoms with E-state index >= 15 is 0 Å². The smallest absolute Gasteiger partial charge is 0.315 e. The van der Waals surface area contributed by atoms with Crippen LogP contribution in [0.25, 0.3) is 0 Å². The lowest BCUT2D eigenvalue weighted by Gasteiger charge is -2.56. The Labute approximate surface area is 164 Å². The van der Waals surface area contributed by atoms with Crippen LogP contribution in [0.3, 0.4) is 0 Å². The van der Waals surface area contributed by atoms with E-state index in [4.69, 9.17) is 5.73 Å². The molecular formula is C21H28N4O3. The van der Waals surface area contributed by atoms with Crippen molar-refractivity contribution in [3.05, 3.63) is 29.8 Å². The highest BCUT2D eigenvalue weighted by molar-refractivity contribution is 5.96.